The lowest BCUT2D eigenvalue weighted by Crippen LogP contribution is -2.38. The maximum atomic E-state index is 6.48. The van der Waals surface area contributed by atoms with Crippen molar-refractivity contribution < 1.29 is 0 Å². The van der Waals surface area contributed by atoms with E-state index in [2.05, 4.69) is 41.1 Å². The van der Waals surface area contributed by atoms with Crippen LogP contribution in [0, 0.1) is 6.92 Å². The van der Waals surface area contributed by atoms with E-state index in [0.29, 0.717) is 0 Å². The highest BCUT2D eigenvalue weighted by atomic mass is 79.9. The van der Waals surface area contributed by atoms with E-state index in [4.69, 9.17) is 5.73 Å². The van der Waals surface area contributed by atoms with E-state index in [1.54, 1.807) is 0 Å². The molecule has 0 spiro atoms. The maximum absolute atomic E-state index is 6.48. The van der Waals surface area contributed by atoms with Gasteiger partial charge in [-0.05, 0) is 37.0 Å². The smallest absolute Gasteiger partial charge is 0.0409 e. The molecule has 0 atom stereocenters. The van der Waals surface area contributed by atoms with Crippen molar-refractivity contribution in [2.45, 2.75) is 44.6 Å². The maximum Gasteiger partial charge on any atom is 0.0409 e. The molecule has 0 radical (unpaired) electrons. The lowest BCUT2D eigenvalue weighted by molar-refractivity contribution is 0.302. The van der Waals surface area contributed by atoms with E-state index in [1.165, 1.54) is 34.9 Å². The first-order chi connectivity index (χ1) is 7.12. The molecule has 1 aromatic carbocycles. The second-order valence-electron chi connectivity index (χ2n) is 4.68. The number of nitrogens with two attached hydrogens (primary N) is 1. The molecule has 1 nitrogen and oxygen atoms in total. The monoisotopic (exact) mass is 303 g/mol. The van der Waals surface area contributed by atoms with Crippen LogP contribution in [0.5, 0.6) is 0 Å². The molecule has 1 aliphatic rings. The Kier molecular flexibility index (Phi) is 4.84. The Morgan fingerprint density at radius 3 is 2.38 bits per heavy atom. The zero-order valence-corrected chi connectivity index (χ0v) is 12.0. The minimum atomic E-state index is -0.0658. The number of halogens is 2. The van der Waals surface area contributed by atoms with Gasteiger partial charge >= 0.3 is 0 Å². The zero-order valence-electron chi connectivity index (χ0n) is 9.63. The summed E-state index contributed by atoms with van der Waals surface area (Å²) in [6, 6.07) is 6.52. The summed E-state index contributed by atoms with van der Waals surface area (Å²) in [6.45, 7) is 2.12. The summed E-state index contributed by atoms with van der Waals surface area (Å²) < 4.78 is 1.17. The third-order valence-electron chi connectivity index (χ3n) is 3.48. The number of rotatable bonds is 1. The highest BCUT2D eigenvalue weighted by Gasteiger charge is 2.29. The molecule has 0 bridgehead atoms. The van der Waals surface area contributed by atoms with Crippen molar-refractivity contribution in [2.24, 2.45) is 5.73 Å². The van der Waals surface area contributed by atoms with Gasteiger partial charge < -0.3 is 5.73 Å². The average molecular weight is 305 g/mol. The number of hydrogen-bond donors (Lipinski definition) is 1. The molecule has 1 saturated carbocycles. The minimum absolute atomic E-state index is 0. The van der Waals surface area contributed by atoms with Crippen LogP contribution in [0.2, 0.25) is 0 Å². The van der Waals surface area contributed by atoms with Gasteiger partial charge in [0.1, 0.15) is 0 Å². The summed E-state index contributed by atoms with van der Waals surface area (Å²) in [5, 5.41) is 0. The van der Waals surface area contributed by atoms with E-state index >= 15 is 0 Å². The topological polar surface area (TPSA) is 26.0 Å². The first-order valence-electron chi connectivity index (χ1n) is 5.67. The van der Waals surface area contributed by atoms with Gasteiger partial charge in [-0.3, -0.25) is 0 Å². The predicted molar refractivity (Wildman–Crippen MR) is 75.1 cm³/mol. The van der Waals surface area contributed by atoms with Gasteiger partial charge in [-0.1, -0.05) is 47.3 Å². The molecule has 0 aromatic heterocycles. The Balaban J connectivity index is 0.00000128. The van der Waals surface area contributed by atoms with Crippen molar-refractivity contribution in [3.05, 3.63) is 33.8 Å². The van der Waals surface area contributed by atoms with Gasteiger partial charge in [0.25, 0.3) is 0 Å². The summed E-state index contributed by atoms with van der Waals surface area (Å²) in [6.07, 6.45) is 6.15. The molecular formula is C13H19BrClN. The van der Waals surface area contributed by atoms with Gasteiger partial charge in [0.15, 0.2) is 0 Å². The Morgan fingerprint density at radius 2 is 1.81 bits per heavy atom. The van der Waals surface area contributed by atoms with Crippen LogP contribution in [0.15, 0.2) is 22.7 Å². The SMILES string of the molecule is Cc1cc(C2(N)CCCCC2)ccc1Br.Cl. The molecule has 0 saturated heterocycles. The van der Waals surface area contributed by atoms with Crippen molar-refractivity contribution in [3.63, 3.8) is 0 Å². The third-order valence-corrected chi connectivity index (χ3v) is 4.37. The highest BCUT2D eigenvalue weighted by molar-refractivity contribution is 9.10. The van der Waals surface area contributed by atoms with E-state index < -0.39 is 0 Å². The first-order valence-corrected chi connectivity index (χ1v) is 6.47. The second-order valence-corrected chi connectivity index (χ2v) is 5.54. The summed E-state index contributed by atoms with van der Waals surface area (Å²) in [7, 11) is 0. The van der Waals surface area contributed by atoms with E-state index in [0.717, 1.165) is 12.8 Å². The second kappa shape index (κ2) is 5.52. The van der Waals surface area contributed by atoms with Crippen LogP contribution in [0.4, 0.5) is 0 Å². The number of aryl methyl sites for hydroxylation is 1. The Morgan fingerprint density at radius 1 is 1.19 bits per heavy atom. The zero-order chi connectivity index (χ0) is 10.9. The average Bonchev–Trinajstić information content (AvgIpc) is 2.23. The van der Waals surface area contributed by atoms with Gasteiger partial charge in [-0.15, -0.1) is 12.4 Å². The molecule has 2 rings (SSSR count). The third kappa shape index (κ3) is 2.79. The van der Waals surface area contributed by atoms with Crippen molar-refractivity contribution in [3.8, 4) is 0 Å². The minimum Gasteiger partial charge on any atom is -0.321 e. The van der Waals surface area contributed by atoms with E-state index in [9.17, 15) is 0 Å². The molecule has 0 aliphatic heterocycles. The summed E-state index contributed by atoms with van der Waals surface area (Å²) in [5.41, 5.74) is 9.01. The lowest BCUT2D eigenvalue weighted by atomic mass is 9.77. The molecule has 3 heteroatoms. The van der Waals surface area contributed by atoms with Crippen molar-refractivity contribution in [1.29, 1.82) is 0 Å². The summed E-state index contributed by atoms with van der Waals surface area (Å²) in [4.78, 5) is 0. The fourth-order valence-corrected chi connectivity index (χ4v) is 2.67. The molecule has 1 aliphatic carbocycles. The highest BCUT2D eigenvalue weighted by Crippen LogP contribution is 2.35. The Bertz CT molecular complexity index is 359. The van der Waals surface area contributed by atoms with Crippen LogP contribution in [-0.4, -0.2) is 0 Å². The molecule has 0 amide bonds. The predicted octanol–water partition coefficient (Wildman–Crippen LogP) is 4.30. The van der Waals surface area contributed by atoms with Crippen LogP contribution in [0.25, 0.3) is 0 Å². The standard InChI is InChI=1S/C13H18BrN.ClH/c1-10-9-11(5-6-12(10)14)13(15)7-3-2-4-8-13;/h5-6,9H,2-4,7-8,15H2,1H3;1H. The lowest BCUT2D eigenvalue weighted by Gasteiger charge is -2.34. The summed E-state index contributed by atoms with van der Waals surface area (Å²) >= 11 is 3.53. The molecule has 90 valence electrons. The Hall–Kier alpha value is -0.0500. The van der Waals surface area contributed by atoms with Gasteiger partial charge in [0.2, 0.25) is 0 Å². The molecular weight excluding hydrogens is 286 g/mol. The molecule has 0 heterocycles. The van der Waals surface area contributed by atoms with Crippen LogP contribution < -0.4 is 5.73 Å². The fourth-order valence-electron chi connectivity index (χ4n) is 2.43. The fraction of sp³-hybridized carbons (Fsp3) is 0.538. The van der Waals surface area contributed by atoms with Gasteiger partial charge in [0.05, 0.1) is 0 Å². The summed E-state index contributed by atoms with van der Waals surface area (Å²) in [5.74, 6) is 0. The van der Waals surface area contributed by atoms with E-state index in [1.807, 2.05) is 0 Å². The van der Waals surface area contributed by atoms with Crippen LogP contribution in [-0.2, 0) is 5.54 Å². The van der Waals surface area contributed by atoms with Gasteiger partial charge in [-0.2, -0.15) is 0 Å². The van der Waals surface area contributed by atoms with Crippen molar-refractivity contribution in [2.75, 3.05) is 0 Å². The first kappa shape index (κ1) is 14.0. The molecule has 1 aromatic rings. The van der Waals surface area contributed by atoms with Crippen molar-refractivity contribution >= 4 is 28.3 Å². The van der Waals surface area contributed by atoms with E-state index in [-0.39, 0.29) is 17.9 Å². The Labute approximate surface area is 112 Å². The molecule has 0 unspecified atom stereocenters. The quantitative estimate of drug-likeness (QED) is 0.822. The van der Waals surface area contributed by atoms with Crippen LogP contribution in [0.3, 0.4) is 0 Å². The van der Waals surface area contributed by atoms with Crippen LogP contribution in [0.1, 0.15) is 43.2 Å². The van der Waals surface area contributed by atoms with Gasteiger partial charge in [0, 0.05) is 10.0 Å². The molecule has 1 fully saturated rings. The largest absolute Gasteiger partial charge is 0.321 e. The normalized spacial score (nSPS) is 18.9. The number of benzene rings is 1. The van der Waals surface area contributed by atoms with Crippen molar-refractivity contribution in [1.82, 2.24) is 0 Å². The molecule has 2 N–H and O–H groups in total. The van der Waals surface area contributed by atoms with Gasteiger partial charge in [-0.25, -0.2) is 0 Å². The van der Waals surface area contributed by atoms with Crippen LogP contribution >= 0.6 is 28.3 Å². The molecule has 16 heavy (non-hydrogen) atoms. The number of hydrogen-bond acceptors (Lipinski definition) is 1.